The van der Waals surface area contributed by atoms with E-state index in [0.717, 1.165) is 32.7 Å². The number of pyridine rings is 1. The first kappa shape index (κ1) is 16.8. The molecule has 0 bridgehead atoms. The minimum atomic E-state index is -0.0713. The molecule has 0 fully saturated rings. The molecule has 0 spiro atoms. The lowest BCUT2D eigenvalue weighted by molar-refractivity contribution is -0.113. The molecule has 0 aliphatic carbocycles. The summed E-state index contributed by atoms with van der Waals surface area (Å²) in [6, 6.07) is 15.5. The second kappa shape index (κ2) is 7.24. The molecular weight excluding hydrogens is 340 g/mol. The van der Waals surface area contributed by atoms with Gasteiger partial charge in [0.25, 0.3) is 0 Å². The fourth-order valence-corrected chi connectivity index (χ4v) is 3.39. The number of rotatable bonds is 4. The number of aryl methyl sites for hydroxylation is 2. The fraction of sp³-hybridized carbons (Fsp3) is 0.158. The fourth-order valence-electron chi connectivity index (χ4n) is 2.45. The van der Waals surface area contributed by atoms with E-state index in [0.29, 0.717) is 10.8 Å². The van der Waals surface area contributed by atoms with Gasteiger partial charge in [0.1, 0.15) is 0 Å². The van der Waals surface area contributed by atoms with E-state index in [4.69, 9.17) is 11.6 Å². The van der Waals surface area contributed by atoms with E-state index in [9.17, 15) is 4.79 Å². The van der Waals surface area contributed by atoms with Crippen molar-refractivity contribution in [3.8, 4) is 0 Å². The summed E-state index contributed by atoms with van der Waals surface area (Å²) in [6.07, 6.45) is 0. The van der Waals surface area contributed by atoms with Crippen LogP contribution in [0.5, 0.6) is 0 Å². The zero-order valence-electron chi connectivity index (χ0n) is 13.5. The lowest BCUT2D eigenvalue weighted by atomic mass is 10.1. The molecule has 0 radical (unpaired) electrons. The van der Waals surface area contributed by atoms with Crippen molar-refractivity contribution in [2.45, 2.75) is 18.9 Å². The van der Waals surface area contributed by atoms with Gasteiger partial charge in [0, 0.05) is 16.1 Å². The van der Waals surface area contributed by atoms with Crippen molar-refractivity contribution >= 4 is 45.9 Å². The molecule has 0 aliphatic heterocycles. The third-order valence-electron chi connectivity index (χ3n) is 3.72. The topological polar surface area (TPSA) is 42.0 Å². The lowest BCUT2D eigenvalue weighted by Gasteiger charge is -2.09. The van der Waals surface area contributed by atoms with Gasteiger partial charge in [-0.3, -0.25) is 4.79 Å². The molecule has 3 rings (SSSR count). The van der Waals surface area contributed by atoms with Crippen LogP contribution in [0.25, 0.3) is 10.9 Å². The summed E-state index contributed by atoms with van der Waals surface area (Å²) >= 11 is 7.41. The van der Waals surface area contributed by atoms with Crippen LogP contribution in [0.3, 0.4) is 0 Å². The third-order valence-corrected chi connectivity index (χ3v) is 4.87. The number of halogens is 1. The van der Waals surface area contributed by atoms with Crippen molar-refractivity contribution in [2.75, 3.05) is 11.1 Å². The second-order valence-corrected chi connectivity index (χ2v) is 7.02. The number of carbonyl (C=O) groups is 1. The van der Waals surface area contributed by atoms with E-state index >= 15 is 0 Å². The molecule has 3 aromatic rings. The zero-order valence-corrected chi connectivity index (χ0v) is 15.0. The van der Waals surface area contributed by atoms with Gasteiger partial charge in [-0.15, -0.1) is 0 Å². The van der Waals surface area contributed by atoms with Crippen LogP contribution in [-0.4, -0.2) is 16.6 Å². The maximum atomic E-state index is 12.2. The Balaban J connectivity index is 1.69. The van der Waals surface area contributed by atoms with Gasteiger partial charge >= 0.3 is 0 Å². The normalized spacial score (nSPS) is 10.8. The molecule has 1 amide bonds. The molecule has 122 valence electrons. The predicted octanol–water partition coefficient (Wildman–Crippen LogP) is 5.24. The first-order valence-electron chi connectivity index (χ1n) is 7.58. The van der Waals surface area contributed by atoms with Crippen molar-refractivity contribution in [2.24, 2.45) is 0 Å². The van der Waals surface area contributed by atoms with Gasteiger partial charge in [-0.05, 0) is 49.2 Å². The van der Waals surface area contributed by atoms with Crippen LogP contribution in [0.1, 0.15) is 11.1 Å². The highest BCUT2D eigenvalue weighted by molar-refractivity contribution is 7.99. The Bertz CT molecular complexity index is 911. The maximum absolute atomic E-state index is 12.2. The molecule has 5 heteroatoms. The number of carbonyl (C=O) groups excluding carboxylic acids is 1. The summed E-state index contributed by atoms with van der Waals surface area (Å²) in [7, 11) is 0. The lowest BCUT2D eigenvalue weighted by Crippen LogP contribution is -2.15. The number of nitrogens with zero attached hydrogens (tertiary/aromatic N) is 1. The number of thioether (sulfide) groups is 1. The van der Waals surface area contributed by atoms with E-state index in [1.807, 2.05) is 43.3 Å². The Morgan fingerprint density at radius 2 is 1.92 bits per heavy atom. The molecule has 0 saturated heterocycles. The Morgan fingerprint density at radius 1 is 1.12 bits per heavy atom. The second-order valence-electron chi connectivity index (χ2n) is 5.59. The van der Waals surface area contributed by atoms with Gasteiger partial charge in [-0.1, -0.05) is 47.6 Å². The highest BCUT2D eigenvalue weighted by atomic mass is 35.5. The van der Waals surface area contributed by atoms with Gasteiger partial charge < -0.3 is 5.32 Å². The summed E-state index contributed by atoms with van der Waals surface area (Å²) < 4.78 is 0. The predicted molar refractivity (Wildman–Crippen MR) is 102 cm³/mol. The molecule has 2 aromatic carbocycles. The van der Waals surface area contributed by atoms with Crippen LogP contribution in [0, 0.1) is 13.8 Å². The van der Waals surface area contributed by atoms with Crippen molar-refractivity contribution in [1.29, 1.82) is 0 Å². The van der Waals surface area contributed by atoms with Crippen LogP contribution < -0.4 is 5.32 Å². The maximum Gasteiger partial charge on any atom is 0.234 e. The van der Waals surface area contributed by atoms with Crippen LogP contribution in [0.4, 0.5) is 5.69 Å². The number of fused-ring (bicyclic) bond motifs is 1. The average molecular weight is 357 g/mol. The number of benzene rings is 2. The zero-order chi connectivity index (χ0) is 17.1. The number of amides is 1. The molecule has 24 heavy (non-hydrogen) atoms. The molecule has 1 aromatic heterocycles. The largest absolute Gasteiger partial charge is 0.325 e. The van der Waals surface area contributed by atoms with Crippen LogP contribution in [0.15, 0.2) is 53.6 Å². The first-order chi connectivity index (χ1) is 11.5. The quantitative estimate of drug-likeness (QED) is 0.650. The number of anilines is 1. The van der Waals surface area contributed by atoms with E-state index in [1.165, 1.54) is 11.8 Å². The number of nitrogens with one attached hydrogen (secondary N) is 1. The molecule has 0 aliphatic rings. The first-order valence-corrected chi connectivity index (χ1v) is 8.94. The molecule has 1 heterocycles. The van der Waals surface area contributed by atoms with Gasteiger partial charge in [0.05, 0.1) is 16.3 Å². The van der Waals surface area contributed by atoms with E-state index in [2.05, 4.69) is 23.3 Å². The molecule has 0 atom stereocenters. The monoisotopic (exact) mass is 356 g/mol. The van der Waals surface area contributed by atoms with Crippen LogP contribution >= 0.6 is 23.4 Å². The molecule has 0 saturated carbocycles. The van der Waals surface area contributed by atoms with Gasteiger partial charge in [0.2, 0.25) is 5.91 Å². The number of hydrogen-bond acceptors (Lipinski definition) is 3. The smallest absolute Gasteiger partial charge is 0.234 e. The van der Waals surface area contributed by atoms with E-state index < -0.39 is 0 Å². The molecule has 0 unspecified atom stereocenters. The highest BCUT2D eigenvalue weighted by Gasteiger charge is 2.08. The number of para-hydroxylation sites is 1. The summed E-state index contributed by atoms with van der Waals surface area (Å²) in [5.74, 6) is 0.231. The third kappa shape index (κ3) is 3.89. The van der Waals surface area contributed by atoms with Crippen LogP contribution in [-0.2, 0) is 4.79 Å². The van der Waals surface area contributed by atoms with Crippen molar-refractivity contribution < 1.29 is 4.79 Å². The highest BCUT2D eigenvalue weighted by Crippen LogP contribution is 2.24. The average Bonchev–Trinajstić information content (AvgIpc) is 2.56. The van der Waals surface area contributed by atoms with Gasteiger partial charge in [0.15, 0.2) is 0 Å². The molecule has 1 N–H and O–H groups in total. The standard InChI is InChI=1S/C19H17ClN2OS/c1-12-7-8-14(20)10-17(12)21-18(23)11-24-19-9-13(2)15-5-3-4-6-16(15)22-19/h3-10H,11H2,1-2H3,(H,21,23). The number of aromatic nitrogens is 1. The SMILES string of the molecule is Cc1ccc(Cl)cc1NC(=O)CSc1cc(C)c2ccccc2n1. The van der Waals surface area contributed by atoms with Crippen molar-refractivity contribution in [3.05, 3.63) is 64.7 Å². The minimum absolute atomic E-state index is 0.0713. The van der Waals surface area contributed by atoms with E-state index in [-0.39, 0.29) is 5.91 Å². The van der Waals surface area contributed by atoms with Gasteiger partial charge in [-0.25, -0.2) is 4.98 Å². The van der Waals surface area contributed by atoms with Crippen molar-refractivity contribution in [1.82, 2.24) is 4.98 Å². The minimum Gasteiger partial charge on any atom is -0.325 e. The Kier molecular flexibility index (Phi) is 5.07. The Morgan fingerprint density at radius 3 is 2.75 bits per heavy atom. The van der Waals surface area contributed by atoms with Gasteiger partial charge in [-0.2, -0.15) is 0 Å². The van der Waals surface area contributed by atoms with E-state index in [1.54, 1.807) is 6.07 Å². The van der Waals surface area contributed by atoms with Crippen LogP contribution in [0.2, 0.25) is 5.02 Å². The Hall–Kier alpha value is -2.04. The molecule has 3 nitrogen and oxygen atoms in total. The summed E-state index contributed by atoms with van der Waals surface area (Å²) in [6.45, 7) is 4.00. The Labute approximate surface area is 150 Å². The van der Waals surface area contributed by atoms with Crippen molar-refractivity contribution in [3.63, 3.8) is 0 Å². The number of hydrogen-bond donors (Lipinski definition) is 1. The summed E-state index contributed by atoms with van der Waals surface area (Å²) in [5, 5.41) is 5.50. The summed E-state index contributed by atoms with van der Waals surface area (Å²) in [5.41, 5.74) is 3.84. The molecular formula is C19H17ClN2OS. The summed E-state index contributed by atoms with van der Waals surface area (Å²) in [4.78, 5) is 16.8.